The van der Waals surface area contributed by atoms with E-state index >= 15 is 0 Å². The summed E-state index contributed by atoms with van der Waals surface area (Å²) >= 11 is 0. The van der Waals surface area contributed by atoms with Crippen LogP contribution in [0, 0.1) is 0 Å². The van der Waals surface area contributed by atoms with E-state index in [1.807, 2.05) is 6.07 Å². The van der Waals surface area contributed by atoms with E-state index in [4.69, 9.17) is 5.73 Å². The van der Waals surface area contributed by atoms with Crippen molar-refractivity contribution in [3.8, 4) is 11.1 Å². The van der Waals surface area contributed by atoms with Gasteiger partial charge < -0.3 is 10.5 Å². The van der Waals surface area contributed by atoms with E-state index in [1.165, 1.54) is 11.0 Å². The molecule has 2 N–H and O–H groups in total. The van der Waals surface area contributed by atoms with E-state index in [1.54, 1.807) is 24.5 Å². The molecule has 0 aliphatic rings. The summed E-state index contributed by atoms with van der Waals surface area (Å²) in [4.78, 5) is 30.1. The summed E-state index contributed by atoms with van der Waals surface area (Å²) in [6.45, 7) is 0.0670. The highest BCUT2D eigenvalue weighted by Gasteiger charge is 2.15. The highest BCUT2D eigenvalue weighted by molar-refractivity contribution is 6.05. The average Bonchev–Trinajstić information content (AvgIpc) is 2.87. The molecule has 1 amide bonds. The second-order valence-electron chi connectivity index (χ2n) is 4.42. The second kappa shape index (κ2) is 6.13. The summed E-state index contributed by atoms with van der Waals surface area (Å²) in [6, 6.07) is 5.44. The number of nitrogens with zero attached hydrogens (tertiary/aromatic N) is 4. The lowest BCUT2D eigenvalue weighted by Gasteiger charge is -2.02. The summed E-state index contributed by atoms with van der Waals surface area (Å²) in [6.07, 6.45) is 5.51. The molecule has 0 atom stereocenters. The van der Waals surface area contributed by atoms with Crippen LogP contribution in [0.3, 0.4) is 0 Å². The van der Waals surface area contributed by atoms with Crippen LogP contribution < -0.4 is 5.73 Å². The van der Waals surface area contributed by atoms with Gasteiger partial charge in [0.25, 0.3) is 5.91 Å². The number of aldehydes is 1. The molecule has 112 valence electrons. The van der Waals surface area contributed by atoms with Crippen molar-refractivity contribution in [3.63, 3.8) is 0 Å². The van der Waals surface area contributed by atoms with Crippen molar-refractivity contribution < 1.29 is 9.59 Å². The molecule has 7 heteroatoms. The monoisotopic (exact) mass is 297 g/mol. The predicted molar refractivity (Wildman–Crippen MR) is 82.1 cm³/mol. The minimum atomic E-state index is -0.633. The largest absolute Gasteiger partial charge is 0.364 e. The quantitative estimate of drug-likeness (QED) is 0.733. The van der Waals surface area contributed by atoms with Gasteiger partial charge in [-0.2, -0.15) is 5.10 Å². The van der Waals surface area contributed by atoms with E-state index in [0.717, 1.165) is 17.4 Å². The third kappa shape index (κ3) is 2.56. The van der Waals surface area contributed by atoms with Gasteiger partial charge >= 0.3 is 0 Å². The summed E-state index contributed by atoms with van der Waals surface area (Å²) < 4.78 is 1.45. The van der Waals surface area contributed by atoms with E-state index in [9.17, 15) is 9.59 Å². The number of hydrogen-bond acceptors (Lipinski definition) is 5. The lowest BCUT2D eigenvalue weighted by Crippen LogP contribution is -2.13. The maximum absolute atomic E-state index is 11.5. The molecule has 2 aromatic heterocycles. The number of aromatic nitrogens is 4. The van der Waals surface area contributed by atoms with Crippen molar-refractivity contribution >= 4 is 23.1 Å². The van der Waals surface area contributed by atoms with Crippen LogP contribution >= 0.6 is 0 Å². The van der Waals surface area contributed by atoms with Crippen LogP contribution in [0.25, 0.3) is 22.0 Å². The number of fused-ring (bicyclic) bond motifs is 1. The Kier molecular flexibility index (Phi) is 4.26. The molecule has 7 nitrogen and oxygen atoms in total. The highest BCUT2D eigenvalue weighted by Crippen LogP contribution is 2.25. The minimum absolute atomic E-state index is 0. The molecule has 0 radical (unpaired) electrons. The van der Waals surface area contributed by atoms with Crippen molar-refractivity contribution in [3.05, 3.63) is 42.6 Å². The third-order valence-corrected chi connectivity index (χ3v) is 3.13. The topological polar surface area (TPSA) is 104 Å². The zero-order valence-corrected chi connectivity index (χ0v) is 10.9. The Morgan fingerprint density at radius 1 is 1.23 bits per heavy atom. The number of hydrogen-bond donors (Lipinski definition) is 1. The van der Waals surface area contributed by atoms with Gasteiger partial charge in [0.2, 0.25) is 0 Å². The molecule has 1 aromatic carbocycles. The van der Waals surface area contributed by atoms with Gasteiger partial charge in [-0.05, 0) is 17.7 Å². The Bertz CT molecular complexity index is 827. The van der Waals surface area contributed by atoms with Gasteiger partial charge in [0, 0.05) is 23.3 Å². The summed E-state index contributed by atoms with van der Waals surface area (Å²) in [5.74, 6) is -0.633. The number of benzene rings is 1. The summed E-state index contributed by atoms with van der Waals surface area (Å²) in [5.41, 5.74) is 7.83. The first-order chi connectivity index (χ1) is 10.2. The molecular formula is C15H15N5O2. The van der Waals surface area contributed by atoms with Gasteiger partial charge in [0.05, 0.1) is 12.1 Å². The number of nitrogens with two attached hydrogens (primary N) is 1. The van der Waals surface area contributed by atoms with Crippen molar-refractivity contribution in [2.24, 2.45) is 5.73 Å². The van der Waals surface area contributed by atoms with Crippen LogP contribution in [-0.4, -0.2) is 31.9 Å². The normalized spacial score (nSPS) is 10.2. The van der Waals surface area contributed by atoms with Gasteiger partial charge in [0.15, 0.2) is 5.69 Å². The third-order valence-electron chi connectivity index (χ3n) is 3.13. The van der Waals surface area contributed by atoms with Crippen LogP contribution in [0.2, 0.25) is 0 Å². The predicted octanol–water partition coefficient (Wildman–Crippen LogP) is 1.43. The average molecular weight is 297 g/mol. The Morgan fingerprint density at radius 3 is 2.59 bits per heavy atom. The van der Waals surface area contributed by atoms with E-state index in [0.29, 0.717) is 10.9 Å². The fourth-order valence-electron chi connectivity index (χ4n) is 2.20. The lowest BCUT2D eigenvalue weighted by atomic mass is 10.1. The molecule has 0 saturated heterocycles. The van der Waals surface area contributed by atoms with Crippen LogP contribution in [0.1, 0.15) is 17.9 Å². The number of carbonyl (C=O) groups is 2. The number of amides is 1. The lowest BCUT2D eigenvalue weighted by molar-refractivity contribution is -0.108. The molecular weight excluding hydrogens is 282 g/mol. The molecule has 3 aromatic rings. The second-order valence-corrected chi connectivity index (χ2v) is 4.42. The SMILES string of the molecule is C.NC(=O)c1nn(CC=O)c2ccc(-c3cncnc3)cc12. The summed E-state index contributed by atoms with van der Waals surface area (Å²) in [7, 11) is 0. The van der Waals surface area contributed by atoms with Gasteiger partial charge in [-0.3, -0.25) is 9.48 Å². The van der Waals surface area contributed by atoms with Gasteiger partial charge in [-0.25, -0.2) is 9.97 Å². The van der Waals surface area contributed by atoms with E-state index < -0.39 is 5.91 Å². The number of carbonyl (C=O) groups excluding carboxylic acids is 2. The Hall–Kier alpha value is -3.09. The van der Waals surface area contributed by atoms with E-state index in [2.05, 4.69) is 15.1 Å². The van der Waals surface area contributed by atoms with Crippen LogP contribution in [0.4, 0.5) is 0 Å². The first kappa shape index (κ1) is 15.3. The van der Waals surface area contributed by atoms with Gasteiger partial charge in [0.1, 0.15) is 12.6 Å². The molecule has 0 fully saturated rings. The highest BCUT2D eigenvalue weighted by atomic mass is 16.1. The molecule has 0 aliphatic carbocycles. The maximum Gasteiger partial charge on any atom is 0.269 e. The molecule has 3 rings (SSSR count). The Labute approximate surface area is 126 Å². The molecule has 0 unspecified atom stereocenters. The van der Waals surface area contributed by atoms with Gasteiger partial charge in [-0.15, -0.1) is 0 Å². The maximum atomic E-state index is 11.5. The van der Waals surface area contributed by atoms with Gasteiger partial charge in [-0.1, -0.05) is 13.5 Å². The molecule has 0 saturated carbocycles. The van der Waals surface area contributed by atoms with Crippen molar-refractivity contribution in [2.45, 2.75) is 14.0 Å². The Balaban J connectivity index is 0.00000176. The molecule has 0 spiro atoms. The van der Waals surface area contributed by atoms with Crippen LogP contribution in [-0.2, 0) is 11.3 Å². The standard InChI is InChI=1S/C14H11N5O2.CH4/c15-14(21)13-11-5-9(10-6-16-8-17-7-10)1-2-12(11)19(18-13)3-4-20;/h1-2,4-8H,3H2,(H2,15,21);1H4. The number of primary amides is 1. The fraction of sp³-hybridized carbons (Fsp3) is 0.133. The van der Waals surface area contributed by atoms with Crippen LogP contribution in [0.5, 0.6) is 0 Å². The molecule has 0 bridgehead atoms. The first-order valence-corrected chi connectivity index (χ1v) is 6.20. The molecule has 22 heavy (non-hydrogen) atoms. The van der Waals surface area contributed by atoms with Crippen molar-refractivity contribution in [1.82, 2.24) is 19.7 Å². The van der Waals surface area contributed by atoms with Crippen molar-refractivity contribution in [2.75, 3.05) is 0 Å². The Morgan fingerprint density at radius 2 is 1.95 bits per heavy atom. The molecule has 0 aliphatic heterocycles. The summed E-state index contributed by atoms with van der Waals surface area (Å²) in [5, 5.41) is 4.70. The molecule has 2 heterocycles. The van der Waals surface area contributed by atoms with Crippen LogP contribution in [0.15, 0.2) is 36.9 Å². The zero-order valence-electron chi connectivity index (χ0n) is 10.9. The smallest absolute Gasteiger partial charge is 0.269 e. The first-order valence-electron chi connectivity index (χ1n) is 6.20. The zero-order chi connectivity index (χ0) is 14.8. The van der Waals surface area contributed by atoms with Crippen molar-refractivity contribution in [1.29, 1.82) is 0 Å². The fourth-order valence-corrected chi connectivity index (χ4v) is 2.20. The van der Waals surface area contributed by atoms with E-state index in [-0.39, 0.29) is 19.7 Å². The number of rotatable bonds is 4. The minimum Gasteiger partial charge on any atom is -0.364 e.